The van der Waals surface area contributed by atoms with Crippen molar-refractivity contribution >= 4 is 17.5 Å². The van der Waals surface area contributed by atoms with Crippen molar-refractivity contribution in [3.63, 3.8) is 0 Å². The number of hydrogen-bond donors (Lipinski definition) is 1. The Morgan fingerprint density at radius 3 is 2.55 bits per heavy atom. The second kappa shape index (κ2) is 6.50. The summed E-state index contributed by atoms with van der Waals surface area (Å²) in [4.78, 5) is 34.7. The number of nitrogens with zero attached hydrogens (tertiary/aromatic N) is 2. The summed E-state index contributed by atoms with van der Waals surface area (Å²) in [5.74, 6) is -0.700. The van der Waals surface area contributed by atoms with Gasteiger partial charge in [0.1, 0.15) is 5.75 Å². The average molecular weight is 281 g/mol. The van der Waals surface area contributed by atoms with E-state index in [2.05, 4.69) is 5.32 Å². The number of non-ortho nitro benzene ring substituents is 1. The minimum absolute atomic E-state index is 0.00764. The summed E-state index contributed by atoms with van der Waals surface area (Å²) in [6.45, 7) is -0.197. The molecule has 0 radical (unpaired) electrons. The average Bonchev–Trinajstić information content (AvgIpc) is 2.43. The molecule has 1 rings (SSSR count). The number of nitro groups is 1. The standard InChI is InChI=1S/C12H15N3O5/c1-14(2)11(16)7-13-12(17)9-6-8(15(18)19)4-5-10(9)20-3/h4-6H,7H2,1-3H3,(H,13,17). The molecule has 8 nitrogen and oxygen atoms in total. The highest BCUT2D eigenvalue weighted by atomic mass is 16.6. The van der Waals surface area contributed by atoms with Crippen LogP contribution >= 0.6 is 0 Å². The highest BCUT2D eigenvalue weighted by molar-refractivity contribution is 5.99. The van der Waals surface area contributed by atoms with Crippen LogP contribution in [0.5, 0.6) is 5.75 Å². The molecule has 0 aliphatic heterocycles. The summed E-state index contributed by atoms with van der Waals surface area (Å²) < 4.78 is 4.98. The van der Waals surface area contributed by atoms with Gasteiger partial charge >= 0.3 is 0 Å². The fourth-order valence-corrected chi connectivity index (χ4v) is 1.40. The fourth-order valence-electron chi connectivity index (χ4n) is 1.40. The Morgan fingerprint density at radius 2 is 2.05 bits per heavy atom. The van der Waals surface area contributed by atoms with Gasteiger partial charge in [0.2, 0.25) is 5.91 Å². The van der Waals surface area contributed by atoms with Gasteiger partial charge in [-0.05, 0) is 6.07 Å². The van der Waals surface area contributed by atoms with E-state index in [1.54, 1.807) is 14.1 Å². The van der Waals surface area contributed by atoms with Gasteiger partial charge in [-0.3, -0.25) is 19.7 Å². The molecule has 0 spiro atoms. The van der Waals surface area contributed by atoms with Gasteiger partial charge in [0.05, 0.1) is 24.1 Å². The third-order valence-electron chi connectivity index (χ3n) is 2.54. The number of nitro benzene ring substituents is 1. The van der Waals surface area contributed by atoms with Crippen LogP contribution in [0.1, 0.15) is 10.4 Å². The first kappa shape index (κ1) is 15.4. The molecule has 1 aromatic carbocycles. The van der Waals surface area contributed by atoms with E-state index in [-0.39, 0.29) is 29.5 Å². The Balaban J connectivity index is 2.93. The maximum absolute atomic E-state index is 11.9. The predicted octanol–water partition coefficient (Wildman–Crippen LogP) is 0.421. The van der Waals surface area contributed by atoms with Crippen LogP contribution in [-0.2, 0) is 4.79 Å². The topological polar surface area (TPSA) is 102 Å². The van der Waals surface area contributed by atoms with E-state index >= 15 is 0 Å². The molecule has 1 aromatic rings. The summed E-state index contributed by atoms with van der Waals surface area (Å²) in [6.07, 6.45) is 0. The number of nitrogens with one attached hydrogen (secondary N) is 1. The van der Waals surface area contributed by atoms with Crippen LogP contribution in [0.15, 0.2) is 18.2 Å². The number of likely N-dealkylation sites (N-methyl/N-ethyl adjacent to an activating group) is 1. The molecule has 108 valence electrons. The molecular formula is C12H15N3O5. The molecule has 2 amide bonds. The first-order valence-electron chi connectivity index (χ1n) is 5.67. The first-order chi connectivity index (χ1) is 9.36. The molecule has 0 fully saturated rings. The van der Waals surface area contributed by atoms with Crippen LogP contribution in [0.4, 0.5) is 5.69 Å². The molecule has 0 aromatic heterocycles. The zero-order valence-corrected chi connectivity index (χ0v) is 11.4. The molecule has 1 N–H and O–H groups in total. The summed E-state index contributed by atoms with van der Waals surface area (Å²) in [5.41, 5.74) is -0.219. The third kappa shape index (κ3) is 3.67. The van der Waals surface area contributed by atoms with Gasteiger partial charge in [-0.25, -0.2) is 0 Å². The SMILES string of the molecule is COc1ccc([N+](=O)[O-])cc1C(=O)NCC(=O)N(C)C. The Hall–Kier alpha value is -2.64. The van der Waals surface area contributed by atoms with Crippen LogP contribution in [0.25, 0.3) is 0 Å². The van der Waals surface area contributed by atoms with Gasteiger partial charge in [-0.1, -0.05) is 0 Å². The number of methoxy groups -OCH3 is 1. The maximum atomic E-state index is 11.9. The summed E-state index contributed by atoms with van der Waals surface area (Å²) in [7, 11) is 4.47. The Kier molecular flexibility index (Phi) is 5.01. The van der Waals surface area contributed by atoms with Crippen LogP contribution in [0, 0.1) is 10.1 Å². The number of ether oxygens (including phenoxy) is 1. The van der Waals surface area contributed by atoms with Crippen molar-refractivity contribution in [3.8, 4) is 5.75 Å². The van der Waals surface area contributed by atoms with Crippen molar-refractivity contribution in [1.29, 1.82) is 0 Å². The van der Waals surface area contributed by atoms with Crippen LogP contribution in [-0.4, -0.2) is 49.4 Å². The maximum Gasteiger partial charge on any atom is 0.270 e. The van der Waals surface area contributed by atoms with Gasteiger partial charge in [0, 0.05) is 26.2 Å². The second-order valence-corrected chi connectivity index (χ2v) is 4.11. The molecule has 0 bridgehead atoms. The lowest BCUT2D eigenvalue weighted by atomic mass is 10.1. The molecule has 20 heavy (non-hydrogen) atoms. The van der Waals surface area contributed by atoms with Gasteiger partial charge in [-0.2, -0.15) is 0 Å². The van der Waals surface area contributed by atoms with Crippen molar-refractivity contribution in [2.45, 2.75) is 0 Å². The molecular weight excluding hydrogens is 266 g/mol. The lowest BCUT2D eigenvalue weighted by Gasteiger charge is -2.12. The number of benzene rings is 1. The smallest absolute Gasteiger partial charge is 0.270 e. The van der Waals surface area contributed by atoms with Crippen molar-refractivity contribution in [3.05, 3.63) is 33.9 Å². The van der Waals surface area contributed by atoms with E-state index in [0.29, 0.717) is 0 Å². The summed E-state index contributed by atoms with van der Waals surface area (Å²) >= 11 is 0. The van der Waals surface area contributed by atoms with E-state index in [1.807, 2.05) is 0 Å². The highest BCUT2D eigenvalue weighted by Crippen LogP contribution is 2.23. The minimum atomic E-state index is -0.610. The van der Waals surface area contributed by atoms with E-state index in [9.17, 15) is 19.7 Å². The second-order valence-electron chi connectivity index (χ2n) is 4.11. The molecule has 0 saturated carbocycles. The van der Waals surface area contributed by atoms with Crippen molar-refractivity contribution in [2.75, 3.05) is 27.7 Å². The molecule has 0 saturated heterocycles. The van der Waals surface area contributed by atoms with E-state index in [0.717, 1.165) is 6.07 Å². The van der Waals surface area contributed by atoms with E-state index in [1.165, 1.54) is 24.1 Å². The zero-order valence-electron chi connectivity index (χ0n) is 11.4. The number of rotatable bonds is 5. The van der Waals surface area contributed by atoms with E-state index < -0.39 is 10.8 Å². The molecule has 0 aliphatic carbocycles. The predicted molar refractivity (Wildman–Crippen MR) is 70.7 cm³/mol. The third-order valence-corrected chi connectivity index (χ3v) is 2.54. The number of hydrogen-bond acceptors (Lipinski definition) is 5. The van der Waals surface area contributed by atoms with Crippen molar-refractivity contribution in [1.82, 2.24) is 10.2 Å². The molecule has 0 heterocycles. The van der Waals surface area contributed by atoms with Crippen LogP contribution in [0.3, 0.4) is 0 Å². The largest absolute Gasteiger partial charge is 0.496 e. The van der Waals surface area contributed by atoms with Crippen molar-refractivity contribution in [2.24, 2.45) is 0 Å². The highest BCUT2D eigenvalue weighted by Gasteiger charge is 2.18. The van der Waals surface area contributed by atoms with Gasteiger partial charge in [-0.15, -0.1) is 0 Å². The molecule has 0 aliphatic rings. The zero-order chi connectivity index (χ0) is 15.3. The molecule has 0 atom stereocenters. The molecule has 8 heteroatoms. The van der Waals surface area contributed by atoms with Crippen molar-refractivity contribution < 1.29 is 19.2 Å². The molecule has 0 unspecified atom stereocenters. The minimum Gasteiger partial charge on any atom is -0.496 e. The monoisotopic (exact) mass is 281 g/mol. The van der Waals surface area contributed by atoms with Gasteiger partial charge in [0.25, 0.3) is 11.6 Å². The number of amides is 2. The van der Waals surface area contributed by atoms with Gasteiger partial charge in [0.15, 0.2) is 0 Å². The Bertz CT molecular complexity index is 542. The first-order valence-corrected chi connectivity index (χ1v) is 5.67. The van der Waals surface area contributed by atoms with Gasteiger partial charge < -0.3 is 15.0 Å². The summed E-state index contributed by atoms with van der Waals surface area (Å²) in [5, 5.41) is 13.1. The van der Waals surface area contributed by atoms with Crippen LogP contribution in [0.2, 0.25) is 0 Å². The van der Waals surface area contributed by atoms with E-state index in [4.69, 9.17) is 4.74 Å². The quantitative estimate of drug-likeness (QED) is 0.622. The lowest BCUT2D eigenvalue weighted by molar-refractivity contribution is -0.384. The lowest BCUT2D eigenvalue weighted by Crippen LogP contribution is -2.36. The normalized spacial score (nSPS) is 9.75. The van der Waals surface area contributed by atoms with Crippen LogP contribution < -0.4 is 10.1 Å². The number of carbonyl (C=O) groups is 2. The Labute approximate surface area is 115 Å². The Morgan fingerprint density at radius 1 is 1.40 bits per heavy atom. The summed E-state index contributed by atoms with van der Waals surface area (Å²) in [6, 6.07) is 3.68. The number of carbonyl (C=O) groups excluding carboxylic acids is 2. The fraction of sp³-hybridized carbons (Fsp3) is 0.333.